The van der Waals surface area contributed by atoms with Gasteiger partial charge in [-0.25, -0.2) is 18.9 Å². The normalized spacial score (nSPS) is 14.6. The average molecular weight is 536 g/mol. The first-order valence-electron chi connectivity index (χ1n) is 12.3. The molecule has 0 saturated heterocycles. The Kier molecular flexibility index (Phi) is 6.23. The van der Waals surface area contributed by atoms with Crippen LogP contribution in [-0.4, -0.2) is 50.4 Å². The van der Waals surface area contributed by atoms with Crippen LogP contribution in [0.5, 0.6) is 5.88 Å². The van der Waals surface area contributed by atoms with Crippen LogP contribution in [0.2, 0.25) is 0 Å². The van der Waals surface area contributed by atoms with Crippen LogP contribution >= 0.6 is 0 Å². The number of pyridine rings is 1. The van der Waals surface area contributed by atoms with Gasteiger partial charge in [-0.2, -0.15) is 0 Å². The SMILES string of the molecule is COc1ccc2nc(-c3ccc(C)cn3)c(C(=O)N[C@H]3N=C(c4ccccc4)c4cccc(F)c4NC3=O)n2n1. The largest absolute Gasteiger partial charge is 0.480 e. The molecule has 0 fully saturated rings. The van der Waals surface area contributed by atoms with E-state index in [1.165, 1.54) is 23.8 Å². The number of aliphatic imine (C=N–C) groups is 1. The molecule has 3 aromatic heterocycles. The minimum atomic E-state index is -1.40. The van der Waals surface area contributed by atoms with Gasteiger partial charge >= 0.3 is 0 Å². The first kappa shape index (κ1) is 24.9. The second-order valence-corrected chi connectivity index (χ2v) is 9.05. The van der Waals surface area contributed by atoms with Gasteiger partial charge in [0, 0.05) is 23.4 Å². The Morgan fingerprint density at radius 1 is 1.05 bits per heavy atom. The van der Waals surface area contributed by atoms with Crippen molar-refractivity contribution in [2.75, 3.05) is 12.4 Å². The number of hydrogen-bond acceptors (Lipinski definition) is 7. The van der Waals surface area contributed by atoms with Crippen LogP contribution in [0.3, 0.4) is 0 Å². The molecule has 0 saturated carbocycles. The number of anilines is 1. The van der Waals surface area contributed by atoms with E-state index in [2.05, 4.69) is 30.7 Å². The standard InChI is InChI=1S/C29H22FN7O3/c1-16-11-12-20(31-15-16)25-26(37-21(32-25)13-14-22(36-37)40-2)28(38)35-27-29(39)34-24-18(9-6-10-19(24)30)23(33-27)17-7-4-3-5-8-17/h3-15,27H,1-2H3,(H,34,39)(H,35,38)/t27-/m1/s1. The highest BCUT2D eigenvalue weighted by Gasteiger charge is 2.31. The maximum atomic E-state index is 14.8. The van der Waals surface area contributed by atoms with Crippen molar-refractivity contribution in [1.82, 2.24) is 24.9 Å². The zero-order valence-electron chi connectivity index (χ0n) is 21.4. The molecule has 2 aromatic carbocycles. The number of para-hydroxylation sites is 1. The number of imidazole rings is 1. The van der Waals surface area contributed by atoms with E-state index < -0.39 is 23.8 Å². The number of methoxy groups -OCH3 is 1. The summed E-state index contributed by atoms with van der Waals surface area (Å²) in [6.45, 7) is 1.90. The van der Waals surface area contributed by atoms with Crippen molar-refractivity contribution < 1.29 is 18.7 Å². The number of amides is 2. The summed E-state index contributed by atoms with van der Waals surface area (Å²) in [5.74, 6) is -1.76. The fourth-order valence-corrected chi connectivity index (χ4v) is 4.43. The van der Waals surface area contributed by atoms with E-state index in [0.717, 1.165) is 5.56 Å². The average Bonchev–Trinajstić information content (AvgIpc) is 3.29. The minimum absolute atomic E-state index is 0.0161. The van der Waals surface area contributed by atoms with Crippen LogP contribution < -0.4 is 15.4 Å². The molecular weight excluding hydrogens is 513 g/mol. The second-order valence-electron chi connectivity index (χ2n) is 9.05. The number of nitrogens with zero attached hydrogens (tertiary/aromatic N) is 5. The molecule has 0 radical (unpaired) electrons. The van der Waals surface area contributed by atoms with Crippen LogP contribution in [0.4, 0.5) is 10.1 Å². The number of nitrogens with one attached hydrogen (secondary N) is 2. The summed E-state index contributed by atoms with van der Waals surface area (Å²) in [6.07, 6.45) is 0.264. The molecule has 1 aliphatic heterocycles. The van der Waals surface area contributed by atoms with Crippen molar-refractivity contribution in [2.45, 2.75) is 13.1 Å². The highest BCUT2D eigenvalue weighted by Crippen LogP contribution is 2.28. The number of hydrogen-bond donors (Lipinski definition) is 2. The van der Waals surface area contributed by atoms with Crippen LogP contribution in [0.25, 0.3) is 17.0 Å². The topological polar surface area (TPSA) is 123 Å². The summed E-state index contributed by atoms with van der Waals surface area (Å²) in [4.78, 5) is 40.8. The molecule has 198 valence electrons. The van der Waals surface area contributed by atoms with Crippen molar-refractivity contribution in [3.8, 4) is 17.3 Å². The fraction of sp³-hybridized carbons (Fsp3) is 0.103. The van der Waals surface area contributed by atoms with Crippen LogP contribution in [-0.2, 0) is 4.79 Å². The summed E-state index contributed by atoms with van der Waals surface area (Å²) in [5, 5.41) is 9.64. The lowest BCUT2D eigenvalue weighted by molar-refractivity contribution is -0.117. The van der Waals surface area contributed by atoms with Crippen molar-refractivity contribution in [1.29, 1.82) is 0 Å². The third-order valence-electron chi connectivity index (χ3n) is 6.37. The molecule has 4 heterocycles. The second kappa shape index (κ2) is 10.0. The van der Waals surface area contributed by atoms with Gasteiger partial charge in [0.1, 0.15) is 11.5 Å². The molecule has 10 nitrogen and oxygen atoms in total. The van der Waals surface area contributed by atoms with Gasteiger partial charge in [-0.15, -0.1) is 5.10 Å². The van der Waals surface area contributed by atoms with E-state index in [9.17, 15) is 14.0 Å². The summed E-state index contributed by atoms with van der Waals surface area (Å²) in [7, 11) is 1.46. The molecule has 1 aliphatic rings. The van der Waals surface area contributed by atoms with Gasteiger partial charge in [0.2, 0.25) is 12.0 Å². The molecule has 11 heteroatoms. The Morgan fingerprint density at radius 2 is 1.88 bits per heavy atom. The maximum Gasteiger partial charge on any atom is 0.274 e. The first-order valence-corrected chi connectivity index (χ1v) is 12.3. The lowest BCUT2D eigenvalue weighted by Crippen LogP contribution is -2.43. The molecular formula is C29H22FN7O3. The molecule has 0 aliphatic carbocycles. The zero-order chi connectivity index (χ0) is 27.8. The lowest BCUT2D eigenvalue weighted by atomic mass is 10.0. The summed E-state index contributed by atoms with van der Waals surface area (Å²) >= 11 is 0. The Balaban J connectivity index is 1.46. The molecule has 5 aromatic rings. The predicted octanol–water partition coefficient (Wildman–Crippen LogP) is 3.79. The Bertz CT molecular complexity index is 1800. The van der Waals surface area contributed by atoms with Crippen molar-refractivity contribution in [3.05, 3.63) is 107 Å². The highest BCUT2D eigenvalue weighted by atomic mass is 19.1. The molecule has 2 N–H and O–H groups in total. The minimum Gasteiger partial charge on any atom is -0.480 e. The lowest BCUT2D eigenvalue weighted by Gasteiger charge is -2.14. The van der Waals surface area contributed by atoms with Gasteiger partial charge in [0.25, 0.3) is 11.8 Å². The number of halogens is 1. The Hall–Kier alpha value is -5.45. The van der Waals surface area contributed by atoms with Gasteiger partial charge in [-0.05, 0) is 30.7 Å². The van der Waals surface area contributed by atoms with E-state index in [1.807, 2.05) is 31.2 Å². The molecule has 40 heavy (non-hydrogen) atoms. The molecule has 1 atom stereocenters. The van der Waals surface area contributed by atoms with E-state index in [-0.39, 0.29) is 23.0 Å². The van der Waals surface area contributed by atoms with Gasteiger partial charge in [0.05, 0.1) is 24.2 Å². The van der Waals surface area contributed by atoms with Crippen molar-refractivity contribution in [2.24, 2.45) is 4.99 Å². The summed E-state index contributed by atoms with van der Waals surface area (Å²) in [5.41, 5.74) is 3.40. The highest BCUT2D eigenvalue weighted by molar-refractivity contribution is 6.20. The molecule has 0 spiro atoms. The number of benzene rings is 2. The molecule has 0 bridgehead atoms. The number of ether oxygens (including phenoxy) is 1. The molecule has 0 unspecified atom stereocenters. The summed E-state index contributed by atoms with van der Waals surface area (Å²) in [6, 6.07) is 20.4. The Labute approximate surface area is 227 Å². The first-order chi connectivity index (χ1) is 19.4. The number of carbonyl (C=O) groups is 2. The van der Waals surface area contributed by atoms with Crippen molar-refractivity contribution in [3.63, 3.8) is 0 Å². The Morgan fingerprint density at radius 3 is 2.62 bits per heavy atom. The van der Waals surface area contributed by atoms with Gasteiger partial charge in [0.15, 0.2) is 11.3 Å². The van der Waals surface area contributed by atoms with Gasteiger partial charge in [-0.3, -0.25) is 14.6 Å². The number of aryl methyl sites for hydroxylation is 1. The smallest absolute Gasteiger partial charge is 0.274 e. The zero-order valence-corrected chi connectivity index (χ0v) is 21.4. The number of fused-ring (bicyclic) bond motifs is 2. The van der Waals surface area contributed by atoms with E-state index in [4.69, 9.17) is 4.74 Å². The monoisotopic (exact) mass is 535 g/mol. The van der Waals surface area contributed by atoms with E-state index in [0.29, 0.717) is 28.2 Å². The number of rotatable bonds is 5. The number of carbonyl (C=O) groups excluding carboxylic acids is 2. The van der Waals surface area contributed by atoms with E-state index in [1.54, 1.807) is 42.6 Å². The fourth-order valence-electron chi connectivity index (χ4n) is 4.43. The van der Waals surface area contributed by atoms with E-state index >= 15 is 0 Å². The van der Waals surface area contributed by atoms with Crippen LogP contribution in [0.1, 0.15) is 27.2 Å². The van der Waals surface area contributed by atoms with Gasteiger partial charge < -0.3 is 15.4 Å². The maximum absolute atomic E-state index is 14.8. The van der Waals surface area contributed by atoms with Crippen molar-refractivity contribution >= 4 is 28.9 Å². The van der Waals surface area contributed by atoms with Crippen LogP contribution in [0.15, 0.2) is 84.0 Å². The quantitative estimate of drug-likeness (QED) is 0.353. The van der Waals surface area contributed by atoms with Gasteiger partial charge in [-0.1, -0.05) is 48.5 Å². The number of benzodiazepines with no additional fused rings is 1. The number of aromatic nitrogens is 4. The summed E-state index contributed by atoms with van der Waals surface area (Å²) < 4.78 is 21.4. The van der Waals surface area contributed by atoms with Crippen LogP contribution in [0, 0.1) is 12.7 Å². The third kappa shape index (κ3) is 4.43. The predicted molar refractivity (Wildman–Crippen MR) is 146 cm³/mol. The third-order valence-corrected chi connectivity index (χ3v) is 6.37. The molecule has 6 rings (SSSR count). The molecule has 2 amide bonds.